The first-order valence-electron chi connectivity index (χ1n) is 6.15. The Hall–Kier alpha value is -0.160. The van der Waals surface area contributed by atoms with Crippen molar-refractivity contribution >= 4 is 0 Å². The summed E-state index contributed by atoms with van der Waals surface area (Å²) in [6, 6.07) is 0.265. The summed E-state index contributed by atoms with van der Waals surface area (Å²) >= 11 is 0. The van der Waals surface area contributed by atoms with Gasteiger partial charge in [0.05, 0.1) is 6.61 Å². The summed E-state index contributed by atoms with van der Waals surface area (Å²) in [5.74, 6) is 0. The average molecular weight is 229 g/mol. The van der Waals surface area contributed by atoms with Gasteiger partial charge in [-0.05, 0) is 19.5 Å². The Morgan fingerprint density at radius 2 is 2.12 bits per heavy atom. The lowest BCUT2D eigenvalue weighted by molar-refractivity contribution is 0.100. The van der Waals surface area contributed by atoms with Gasteiger partial charge in [0.15, 0.2) is 0 Å². The molecule has 2 N–H and O–H groups in total. The Morgan fingerprint density at radius 3 is 2.69 bits per heavy atom. The van der Waals surface area contributed by atoms with E-state index in [1.165, 1.54) is 0 Å². The summed E-state index contributed by atoms with van der Waals surface area (Å²) in [5, 5.41) is 12.9. The number of aliphatic hydroxyl groups excluding tert-OH is 1. The van der Waals surface area contributed by atoms with Gasteiger partial charge in [-0.1, -0.05) is 13.8 Å². The molecule has 0 aromatic heterocycles. The van der Waals surface area contributed by atoms with Crippen molar-refractivity contribution in [2.24, 2.45) is 5.41 Å². The van der Waals surface area contributed by atoms with Crippen LogP contribution in [0.1, 0.15) is 13.8 Å². The predicted molar refractivity (Wildman–Crippen MR) is 67.7 cm³/mol. The smallest absolute Gasteiger partial charge is 0.0599 e. The van der Waals surface area contributed by atoms with Crippen LogP contribution in [0.5, 0.6) is 0 Å². The molecule has 4 nitrogen and oxygen atoms in total. The molecule has 1 saturated heterocycles. The molecule has 0 saturated carbocycles. The van der Waals surface area contributed by atoms with Gasteiger partial charge in [0.2, 0.25) is 0 Å². The van der Waals surface area contributed by atoms with Crippen molar-refractivity contribution in [2.75, 3.05) is 53.4 Å². The molecule has 1 fully saturated rings. The van der Waals surface area contributed by atoms with Gasteiger partial charge in [-0.15, -0.1) is 0 Å². The van der Waals surface area contributed by atoms with Gasteiger partial charge in [-0.3, -0.25) is 4.90 Å². The first kappa shape index (κ1) is 13.9. The third-order valence-electron chi connectivity index (χ3n) is 3.18. The molecule has 16 heavy (non-hydrogen) atoms. The largest absolute Gasteiger partial charge is 0.395 e. The zero-order valence-corrected chi connectivity index (χ0v) is 11.2. The van der Waals surface area contributed by atoms with Crippen LogP contribution in [0.3, 0.4) is 0 Å². The summed E-state index contributed by atoms with van der Waals surface area (Å²) in [5.41, 5.74) is 0.288. The molecular formula is C12H27N3O. The summed E-state index contributed by atoms with van der Waals surface area (Å²) in [6.45, 7) is 9.87. The maximum atomic E-state index is 9.43. The summed E-state index contributed by atoms with van der Waals surface area (Å²) in [7, 11) is 4.18. The van der Waals surface area contributed by atoms with Crippen LogP contribution in [-0.4, -0.2) is 74.4 Å². The van der Waals surface area contributed by atoms with Crippen LogP contribution in [0, 0.1) is 5.41 Å². The normalized spacial score (nSPS) is 27.0. The van der Waals surface area contributed by atoms with E-state index < -0.39 is 0 Å². The van der Waals surface area contributed by atoms with E-state index in [0.717, 1.165) is 32.7 Å². The van der Waals surface area contributed by atoms with Crippen LogP contribution in [-0.2, 0) is 0 Å². The molecule has 1 heterocycles. The fraction of sp³-hybridized carbons (Fsp3) is 1.00. The van der Waals surface area contributed by atoms with E-state index in [4.69, 9.17) is 0 Å². The Labute approximate surface area is 99.6 Å². The van der Waals surface area contributed by atoms with Crippen molar-refractivity contribution in [3.05, 3.63) is 0 Å². The van der Waals surface area contributed by atoms with Gasteiger partial charge >= 0.3 is 0 Å². The monoisotopic (exact) mass is 229 g/mol. The van der Waals surface area contributed by atoms with Crippen LogP contribution in [0.15, 0.2) is 0 Å². The van der Waals surface area contributed by atoms with E-state index in [0.29, 0.717) is 0 Å². The highest BCUT2D eigenvalue weighted by atomic mass is 16.3. The third-order valence-corrected chi connectivity index (χ3v) is 3.18. The molecule has 1 atom stereocenters. The molecule has 1 aliphatic rings. The highest BCUT2D eigenvalue weighted by molar-refractivity contribution is 4.86. The molecule has 0 aliphatic carbocycles. The number of rotatable bonds is 4. The van der Waals surface area contributed by atoms with E-state index in [9.17, 15) is 5.11 Å². The first-order valence-corrected chi connectivity index (χ1v) is 6.15. The minimum atomic E-state index is 0.247. The molecule has 0 bridgehead atoms. The number of likely N-dealkylation sites (N-methyl/N-ethyl adjacent to an activating group) is 1. The van der Waals surface area contributed by atoms with Crippen LogP contribution >= 0.6 is 0 Å². The second-order valence-electron chi connectivity index (χ2n) is 5.91. The molecule has 0 amide bonds. The number of hydrogen-bond donors (Lipinski definition) is 2. The maximum absolute atomic E-state index is 9.43. The summed E-state index contributed by atoms with van der Waals surface area (Å²) in [6.07, 6.45) is 0. The molecule has 96 valence electrons. The van der Waals surface area contributed by atoms with Gasteiger partial charge in [0, 0.05) is 38.8 Å². The van der Waals surface area contributed by atoms with Crippen LogP contribution in [0.4, 0.5) is 0 Å². The van der Waals surface area contributed by atoms with Gasteiger partial charge < -0.3 is 15.3 Å². The number of nitrogens with one attached hydrogen (secondary N) is 1. The number of aliphatic hydroxyl groups is 1. The Bertz CT molecular complexity index is 206. The van der Waals surface area contributed by atoms with Crippen LogP contribution in [0.25, 0.3) is 0 Å². The summed E-state index contributed by atoms with van der Waals surface area (Å²) < 4.78 is 0. The molecule has 0 spiro atoms. The lowest BCUT2D eigenvalue weighted by Crippen LogP contribution is -2.46. The van der Waals surface area contributed by atoms with Crippen molar-refractivity contribution in [2.45, 2.75) is 19.9 Å². The zero-order chi connectivity index (χ0) is 12.2. The predicted octanol–water partition coefficient (Wildman–Crippen LogP) is -0.160. The minimum absolute atomic E-state index is 0.247. The lowest BCUT2D eigenvalue weighted by atomic mass is 9.93. The highest BCUT2D eigenvalue weighted by Crippen LogP contribution is 2.19. The first-order chi connectivity index (χ1) is 7.44. The van der Waals surface area contributed by atoms with E-state index in [2.05, 4.69) is 43.1 Å². The van der Waals surface area contributed by atoms with Crippen molar-refractivity contribution in [1.82, 2.24) is 15.1 Å². The van der Waals surface area contributed by atoms with Crippen LogP contribution < -0.4 is 5.32 Å². The average Bonchev–Trinajstić information content (AvgIpc) is 2.33. The van der Waals surface area contributed by atoms with Gasteiger partial charge in [0.1, 0.15) is 0 Å². The Morgan fingerprint density at radius 1 is 1.44 bits per heavy atom. The molecule has 0 radical (unpaired) electrons. The van der Waals surface area contributed by atoms with E-state index in [1.54, 1.807) is 0 Å². The molecule has 1 aliphatic heterocycles. The molecule has 1 rings (SSSR count). The van der Waals surface area contributed by atoms with Crippen molar-refractivity contribution in [3.8, 4) is 0 Å². The van der Waals surface area contributed by atoms with E-state index in [-0.39, 0.29) is 18.1 Å². The van der Waals surface area contributed by atoms with Gasteiger partial charge in [-0.2, -0.15) is 0 Å². The zero-order valence-electron chi connectivity index (χ0n) is 11.2. The highest BCUT2D eigenvalue weighted by Gasteiger charge is 2.29. The molecule has 0 aromatic rings. The summed E-state index contributed by atoms with van der Waals surface area (Å²) in [4.78, 5) is 4.61. The fourth-order valence-electron chi connectivity index (χ4n) is 2.21. The number of nitrogens with zero attached hydrogens (tertiary/aromatic N) is 2. The van der Waals surface area contributed by atoms with Gasteiger partial charge in [-0.25, -0.2) is 0 Å². The molecule has 0 aromatic carbocycles. The minimum Gasteiger partial charge on any atom is -0.395 e. The van der Waals surface area contributed by atoms with Gasteiger partial charge in [0.25, 0.3) is 0 Å². The maximum Gasteiger partial charge on any atom is 0.0599 e. The fourth-order valence-corrected chi connectivity index (χ4v) is 2.21. The molecular weight excluding hydrogens is 202 g/mol. The Balaban J connectivity index is 2.57. The quantitative estimate of drug-likeness (QED) is 0.703. The molecule has 4 heteroatoms. The second kappa shape index (κ2) is 5.96. The number of hydrogen-bond acceptors (Lipinski definition) is 4. The van der Waals surface area contributed by atoms with Crippen molar-refractivity contribution in [3.63, 3.8) is 0 Å². The van der Waals surface area contributed by atoms with E-state index in [1.807, 2.05) is 0 Å². The Kier molecular flexibility index (Phi) is 5.18. The third kappa shape index (κ3) is 4.37. The lowest BCUT2D eigenvalue weighted by Gasteiger charge is -2.33. The SMILES string of the molecule is CN(C)CCN1CC(C)(C)CNCC1CO. The van der Waals surface area contributed by atoms with Crippen molar-refractivity contribution < 1.29 is 5.11 Å². The standard InChI is InChI=1S/C12H27N3O/c1-12(2)9-13-7-11(8-16)15(10-12)6-5-14(3)4/h11,13,16H,5-10H2,1-4H3. The second-order valence-corrected chi connectivity index (χ2v) is 5.91. The van der Waals surface area contributed by atoms with E-state index >= 15 is 0 Å². The topological polar surface area (TPSA) is 38.7 Å². The van der Waals surface area contributed by atoms with Crippen molar-refractivity contribution in [1.29, 1.82) is 0 Å². The molecule has 1 unspecified atom stereocenters. The van der Waals surface area contributed by atoms with Crippen LogP contribution in [0.2, 0.25) is 0 Å².